The summed E-state index contributed by atoms with van der Waals surface area (Å²) in [4.78, 5) is 24.4. The average Bonchev–Trinajstić information content (AvgIpc) is 2.88. The molecular formula is C15H15Cl2NO5. The van der Waals surface area contributed by atoms with Crippen LogP contribution in [-0.2, 0) is 19.1 Å². The Morgan fingerprint density at radius 1 is 1.30 bits per heavy atom. The molecule has 1 saturated carbocycles. The number of carbonyl (C=O) groups excluding carboxylic acids is 2. The van der Waals surface area contributed by atoms with Gasteiger partial charge in [0.1, 0.15) is 0 Å². The fourth-order valence-corrected chi connectivity index (χ4v) is 3.30. The number of benzene rings is 1. The first kappa shape index (κ1) is 16.5. The van der Waals surface area contributed by atoms with Crippen molar-refractivity contribution in [2.75, 3.05) is 5.32 Å². The van der Waals surface area contributed by atoms with Gasteiger partial charge in [-0.25, -0.2) is 0 Å². The van der Waals surface area contributed by atoms with Crippen LogP contribution in [0.4, 0.5) is 5.69 Å². The van der Waals surface area contributed by atoms with E-state index in [0.717, 1.165) is 12.8 Å². The van der Waals surface area contributed by atoms with Gasteiger partial charge in [0.25, 0.3) is 0 Å². The first-order valence-electron chi connectivity index (χ1n) is 7.25. The van der Waals surface area contributed by atoms with Gasteiger partial charge in [-0.05, 0) is 31.0 Å². The monoisotopic (exact) mass is 359 g/mol. The van der Waals surface area contributed by atoms with Crippen LogP contribution in [0.1, 0.15) is 25.7 Å². The zero-order chi connectivity index (χ0) is 16.6. The highest BCUT2D eigenvalue weighted by molar-refractivity contribution is 6.36. The van der Waals surface area contributed by atoms with E-state index >= 15 is 0 Å². The lowest BCUT2D eigenvalue weighted by molar-refractivity contribution is -0.321. The summed E-state index contributed by atoms with van der Waals surface area (Å²) in [5.41, 5.74) is 0.280. The number of rotatable bonds is 2. The summed E-state index contributed by atoms with van der Waals surface area (Å²) in [6, 6.07) is 4.50. The van der Waals surface area contributed by atoms with Crippen LogP contribution in [0, 0.1) is 5.92 Å². The van der Waals surface area contributed by atoms with Crippen molar-refractivity contribution in [3.8, 4) is 0 Å². The third-order valence-corrected chi connectivity index (χ3v) is 4.55. The van der Waals surface area contributed by atoms with E-state index in [1.165, 1.54) is 12.1 Å². The van der Waals surface area contributed by atoms with Crippen molar-refractivity contribution >= 4 is 40.8 Å². The number of anilines is 1. The summed E-state index contributed by atoms with van der Waals surface area (Å²) in [7, 11) is 0. The second-order valence-corrected chi connectivity index (χ2v) is 6.48. The van der Waals surface area contributed by atoms with Gasteiger partial charge >= 0.3 is 5.97 Å². The summed E-state index contributed by atoms with van der Waals surface area (Å²) in [5.74, 6) is -4.11. The number of hydrogen-bond donors (Lipinski definition) is 2. The van der Waals surface area contributed by atoms with E-state index in [2.05, 4.69) is 5.32 Å². The molecule has 0 aromatic heterocycles. The molecule has 0 radical (unpaired) electrons. The second kappa shape index (κ2) is 6.28. The maximum atomic E-state index is 12.3. The first-order valence-corrected chi connectivity index (χ1v) is 8.00. The molecular weight excluding hydrogens is 345 g/mol. The van der Waals surface area contributed by atoms with E-state index in [0.29, 0.717) is 17.9 Å². The predicted octanol–water partition coefficient (Wildman–Crippen LogP) is 2.71. The number of aliphatic hydroxyl groups excluding tert-OH is 1. The summed E-state index contributed by atoms with van der Waals surface area (Å²) >= 11 is 11.8. The summed E-state index contributed by atoms with van der Waals surface area (Å²) in [6.45, 7) is 0. The van der Waals surface area contributed by atoms with Gasteiger partial charge in [0, 0.05) is 17.9 Å². The van der Waals surface area contributed by atoms with Gasteiger partial charge in [-0.15, -0.1) is 0 Å². The quantitative estimate of drug-likeness (QED) is 0.626. The number of hydrogen-bond acceptors (Lipinski definition) is 5. The topological polar surface area (TPSA) is 84.9 Å². The van der Waals surface area contributed by atoms with Crippen LogP contribution in [-0.4, -0.2) is 29.1 Å². The first-order chi connectivity index (χ1) is 10.9. The molecule has 23 heavy (non-hydrogen) atoms. The van der Waals surface area contributed by atoms with Crippen LogP contribution in [0.25, 0.3) is 0 Å². The maximum absolute atomic E-state index is 12.3. The minimum absolute atomic E-state index is 0.220. The number of aliphatic hydroxyl groups is 1. The SMILES string of the molecule is O=C(Nc1ccc(Cl)cc1Cl)C1C(=O)OC2(CCCC2)OC1O. The zero-order valence-corrected chi connectivity index (χ0v) is 13.6. The van der Waals surface area contributed by atoms with Crippen molar-refractivity contribution in [2.45, 2.75) is 37.8 Å². The molecule has 2 atom stereocenters. The Morgan fingerprint density at radius 2 is 2.00 bits per heavy atom. The highest BCUT2D eigenvalue weighted by Gasteiger charge is 2.52. The van der Waals surface area contributed by atoms with E-state index in [-0.39, 0.29) is 10.7 Å². The number of esters is 1. The van der Waals surface area contributed by atoms with Crippen LogP contribution < -0.4 is 5.32 Å². The van der Waals surface area contributed by atoms with E-state index in [1.807, 2.05) is 0 Å². The minimum Gasteiger partial charge on any atom is -0.432 e. The second-order valence-electron chi connectivity index (χ2n) is 5.64. The molecule has 2 fully saturated rings. The summed E-state index contributed by atoms with van der Waals surface area (Å²) < 4.78 is 10.7. The van der Waals surface area contributed by atoms with Crippen molar-refractivity contribution in [1.82, 2.24) is 0 Å². The Hall–Kier alpha value is -1.34. The molecule has 6 nitrogen and oxygen atoms in total. The van der Waals surface area contributed by atoms with Gasteiger partial charge in [0.15, 0.2) is 12.2 Å². The molecule has 3 rings (SSSR count). The molecule has 2 unspecified atom stereocenters. The molecule has 1 aromatic rings. The molecule has 1 spiro atoms. The van der Waals surface area contributed by atoms with E-state index in [1.54, 1.807) is 6.07 Å². The van der Waals surface area contributed by atoms with Crippen LogP contribution in [0.5, 0.6) is 0 Å². The van der Waals surface area contributed by atoms with Crippen LogP contribution in [0.3, 0.4) is 0 Å². The fourth-order valence-electron chi connectivity index (χ4n) is 2.85. The van der Waals surface area contributed by atoms with Crippen molar-refractivity contribution in [3.63, 3.8) is 0 Å². The molecule has 1 aromatic carbocycles. The zero-order valence-electron chi connectivity index (χ0n) is 12.1. The van der Waals surface area contributed by atoms with Crippen molar-refractivity contribution in [2.24, 2.45) is 5.92 Å². The van der Waals surface area contributed by atoms with Crippen LogP contribution in [0.15, 0.2) is 18.2 Å². The Morgan fingerprint density at radius 3 is 2.61 bits per heavy atom. The minimum atomic E-state index is -1.56. The number of ether oxygens (including phenoxy) is 2. The van der Waals surface area contributed by atoms with Gasteiger partial charge < -0.3 is 19.9 Å². The number of carbonyl (C=O) groups is 2. The predicted molar refractivity (Wildman–Crippen MR) is 83.0 cm³/mol. The molecule has 8 heteroatoms. The van der Waals surface area contributed by atoms with Gasteiger partial charge in [0.2, 0.25) is 11.7 Å². The summed E-state index contributed by atoms with van der Waals surface area (Å²) in [6.07, 6.45) is 1.18. The van der Waals surface area contributed by atoms with Crippen molar-refractivity contribution in [1.29, 1.82) is 0 Å². The summed E-state index contributed by atoms with van der Waals surface area (Å²) in [5, 5.41) is 13.2. The molecule has 2 N–H and O–H groups in total. The fraction of sp³-hybridized carbons (Fsp3) is 0.467. The molecule has 1 aliphatic heterocycles. The highest BCUT2D eigenvalue weighted by atomic mass is 35.5. The standard InChI is InChI=1S/C15H15Cl2NO5/c16-8-3-4-10(9(17)7-8)18-12(19)11-13(20)22-15(23-14(11)21)5-1-2-6-15/h3-4,7,11,13,20H,1-2,5-6H2,(H,18,19). The molecule has 0 bridgehead atoms. The molecule has 124 valence electrons. The van der Waals surface area contributed by atoms with E-state index in [4.69, 9.17) is 32.7 Å². The smallest absolute Gasteiger partial charge is 0.326 e. The highest BCUT2D eigenvalue weighted by Crippen LogP contribution is 2.40. The lowest BCUT2D eigenvalue weighted by Gasteiger charge is -2.38. The Bertz CT molecular complexity index is 645. The Kier molecular flexibility index (Phi) is 4.51. The van der Waals surface area contributed by atoms with Crippen molar-refractivity contribution < 1.29 is 24.2 Å². The molecule has 2 aliphatic rings. The molecule has 1 saturated heterocycles. The molecule has 1 heterocycles. The normalized spacial score (nSPS) is 26.1. The van der Waals surface area contributed by atoms with Gasteiger partial charge in [-0.1, -0.05) is 23.2 Å². The number of amides is 1. The Labute approximate surface area is 142 Å². The molecule has 1 amide bonds. The Balaban J connectivity index is 1.73. The average molecular weight is 360 g/mol. The maximum Gasteiger partial charge on any atom is 0.326 e. The third kappa shape index (κ3) is 3.30. The number of halogens is 2. The van der Waals surface area contributed by atoms with Crippen LogP contribution >= 0.6 is 23.2 Å². The lowest BCUT2D eigenvalue weighted by Crippen LogP contribution is -2.54. The number of nitrogens with one attached hydrogen (secondary N) is 1. The van der Waals surface area contributed by atoms with Crippen molar-refractivity contribution in [3.05, 3.63) is 28.2 Å². The largest absolute Gasteiger partial charge is 0.432 e. The van der Waals surface area contributed by atoms with Gasteiger partial charge in [-0.2, -0.15) is 0 Å². The lowest BCUT2D eigenvalue weighted by atomic mass is 10.1. The van der Waals surface area contributed by atoms with E-state index in [9.17, 15) is 14.7 Å². The molecule has 1 aliphatic carbocycles. The van der Waals surface area contributed by atoms with Gasteiger partial charge in [-0.3, -0.25) is 9.59 Å². The van der Waals surface area contributed by atoms with Gasteiger partial charge in [0.05, 0.1) is 10.7 Å². The van der Waals surface area contributed by atoms with Crippen LogP contribution in [0.2, 0.25) is 10.0 Å². The third-order valence-electron chi connectivity index (χ3n) is 4.00. The van der Waals surface area contributed by atoms with E-state index < -0.39 is 29.9 Å².